The molecule has 0 aromatic carbocycles. The van der Waals surface area contributed by atoms with Crippen LogP contribution < -0.4 is 10.2 Å². The van der Waals surface area contributed by atoms with Crippen LogP contribution in [0.1, 0.15) is 17.2 Å². The van der Waals surface area contributed by atoms with Gasteiger partial charge in [-0.1, -0.05) is 11.3 Å². The van der Waals surface area contributed by atoms with Crippen LogP contribution in [0.2, 0.25) is 0 Å². The number of carbonyl (C=O) groups excluding carboxylic acids is 1. The van der Waals surface area contributed by atoms with Crippen molar-refractivity contribution in [1.29, 1.82) is 0 Å². The Morgan fingerprint density at radius 2 is 2.10 bits per heavy atom. The molecule has 31 heavy (non-hydrogen) atoms. The van der Waals surface area contributed by atoms with Crippen molar-refractivity contribution >= 4 is 28.3 Å². The molecule has 9 nitrogen and oxygen atoms in total. The summed E-state index contributed by atoms with van der Waals surface area (Å²) in [6.45, 7) is 4.77. The Balaban J connectivity index is 0.000000339. The number of alkyl halides is 3. The number of anilines is 1. The third-order valence-corrected chi connectivity index (χ3v) is 5.85. The number of aromatic nitrogens is 2. The number of halogens is 3. The summed E-state index contributed by atoms with van der Waals surface area (Å²) in [7, 11) is 0. The van der Waals surface area contributed by atoms with Gasteiger partial charge in [0, 0.05) is 25.4 Å². The fourth-order valence-electron chi connectivity index (χ4n) is 3.49. The second kappa shape index (κ2) is 9.64. The van der Waals surface area contributed by atoms with Gasteiger partial charge in [-0.05, 0) is 25.0 Å². The Morgan fingerprint density at radius 3 is 2.68 bits per heavy atom. The summed E-state index contributed by atoms with van der Waals surface area (Å²) in [4.78, 5) is 23.3. The molecule has 4 heterocycles. The summed E-state index contributed by atoms with van der Waals surface area (Å²) < 4.78 is 42.9. The molecule has 2 N–H and O–H groups in total. The topological polar surface area (TPSA) is 118 Å². The summed E-state index contributed by atoms with van der Waals surface area (Å²) in [5.74, 6) is -1.31. The number of ether oxygens (including phenoxy) is 1. The lowest BCUT2D eigenvalue weighted by molar-refractivity contribution is -0.192. The second-order valence-corrected chi connectivity index (χ2v) is 8.33. The lowest BCUT2D eigenvalue weighted by atomic mass is 9.90. The highest BCUT2D eigenvalue weighted by atomic mass is 32.1. The predicted octanol–water partition coefficient (Wildman–Crippen LogP) is 2.23. The number of hydrogen-bond donors (Lipinski definition) is 2. The van der Waals surface area contributed by atoms with Crippen molar-refractivity contribution < 1.29 is 37.0 Å². The van der Waals surface area contributed by atoms with E-state index in [1.807, 2.05) is 19.1 Å². The fourth-order valence-corrected chi connectivity index (χ4v) is 4.19. The molecule has 1 amide bonds. The zero-order chi connectivity index (χ0) is 22.6. The molecule has 0 radical (unpaired) electrons. The zero-order valence-corrected chi connectivity index (χ0v) is 17.3. The summed E-state index contributed by atoms with van der Waals surface area (Å²) in [5.41, 5.74) is 0. The Bertz CT molecular complexity index is 889. The SMILES string of the molecule is Cc1nnc(N2C[C@@H]3[C@@H](CC(=O)NCc4ccco4)CO[C@@H]3C2)s1.O=C(O)C(F)(F)F. The maximum Gasteiger partial charge on any atom is 0.490 e. The number of hydrogen-bond acceptors (Lipinski definition) is 8. The molecule has 0 bridgehead atoms. The molecule has 2 aromatic heterocycles. The van der Waals surface area contributed by atoms with Crippen LogP contribution in [0.15, 0.2) is 22.8 Å². The van der Waals surface area contributed by atoms with Crippen molar-refractivity contribution in [3.05, 3.63) is 29.2 Å². The largest absolute Gasteiger partial charge is 0.490 e. The lowest BCUT2D eigenvalue weighted by Gasteiger charge is -2.18. The summed E-state index contributed by atoms with van der Waals surface area (Å²) >= 11 is 1.60. The van der Waals surface area contributed by atoms with E-state index >= 15 is 0 Å². The molecule has 2 aliphatic heterocycles. The molecule has 2 saturated heterocycles. The van der Waals surface area contributed by atoms with Crippen LogP contribution in [-0.4, -0.2) is 59.2 Å². The molecule has 170 valence electrons. The molecular weight excluding hydrogens is 441 g/mol. The van der Waals surface area contributed by atoms with E-state index in [9.17, 15) is 18.0 Å². The van der Waals surface area contributed by atoms with Crippen molar-refractivity contribution in [1.82, 2.24) is 15.5 Å². The minimum absolute atomic E-state index is 0.0471. The van der Waals surface area contributed by atoms with Gasteiger partial charge in [0.25, 0.3) is 0 Å². The zero-order valence-electron chi connectivity index (χ0n) is 16.5. The summed E-state index contributed by atoms with van der Waals surface area (Å²) in [6.07, 6.45) is -2.79. The Labute approximate surface area is 179 Å². The fraction of sp³-hybridized carbons (Fsp3) is 0.556. The van der Waals surface area contributed by atoms with E-state index in [-0.39, 0.29) is 17.9 Å². The highest BCUT2D eigenvalue weighted by Crippen LogP contribution is 2.38. The van der Waals surface area contributed by atoms with Crippen molar-refractivity contribution in [3.63, 3.8) is 0 Å². The number of furan rings is 1. The number of carbonyl (C=O) groups is 2. The predicted molar refractivity (Wildman–Crippen MR) is 102 cm³/mol. The van der Waals surface area contributed by atoms with Gasteiger partial charge in [-0.25, -0.2) is 4.79 Å². The highest BCUT2D eigenvalue weighted by Gasteiger charge is 2.45. The van der Waals surface area contributed by atoms with E-state index in [0.29, 0.717) is 25.5 Å². The highest BCUT2D eigenvalue weighted by molar-refractivity contribution is 7.15. The molecule has 0 unspecified atom stereocenters. The standard InChI is InChI=1S/C16H20N4O3S.C2HF3O2/c1-10-18-19-16(24-10)20-7-13-11(9-23-14(13)8-20)5-15(21)17-6-12-3-2-4-22-12;3-2(4,5)1(6)7/h2-4,11,13-14H,5-9H2,1H3,(H,17,21);(H,6,7)/t11-,13+,14+;/m0./s1. The van der Waals surface area contributed by atoms with E-state index in [1.54, 1.807) is 17.6 Å². The molecular formula is C18H21F3N4O5S. The monoisotopic (exact) mass is 462 g/mol. The Kier molecular flexibility index (Phi) is 7.15. The van der Waals surface area contributed by atoms with Crippen LogP contribution in [-0.2, 0) is 20.9 Å². The number of carboxylic acid groups (broad SMARTS) is 1. The molecule has 0 spiro atoms. The summed E-state index contributed by atoms with van der Waals surface area (Å²) in [5, 5.41) is 20.3. The van der Waals surface area contributed by atoms with Crippen LogP contribution in [0.25, 0.3) is 0 Å². The first-order valence-electron chi connectivity index (χ1n) is 9.39. The first-order valence-corrected chi connectivity index (χ1v) is 10.2. The molecule has 4 rings (SSSR count). The normalized spacial score (nSPS) is 22.6. The number of aryl methyl sites for hydroxylation is 1. The van der Waals surface area contributed by atoms with Crippen LogP contribution in [0.4, 0.5) is 18.3 Å². The first-order chi connectivity index (χ1) is 14.6. The van der Waals surface area contributed by atoms with Gasteiger partial charge in [0.2, 0.25) is 11.0 Å². The molecule has 2 fully saturated rings. The minimum Gasteiger partial charge on any atom is -0.475 e. The Morgan fingerprint density at radius 1 is 1.35 bits per heavy atom. The van der Waals surface area contributed by atoms with Gasteiger partial charge in [0.1, 0.15) is 10.8 Å². The number of aliphatic carboxylic acids is 1. The van der Waals surface area contributed by atoms with Crippen molar-refractivity contribution in [3.8, 4) is 0 Å². The smallest absolute Gasteiger partial charge is 0.475 e. The van der Waals surface area contributed by atoms with Gasteiger partial charge >= 0.3 is 12.1 Å². The minimum atomic E-state index is -5.08. The van der Waals surface area contributed by atoms with Crippen LogP contribution in [0.3, 0.4) is 0 Å². The maximum absolute atomic E-state index is 12.2. The maximum atomic E-state index is 12.2. The van der Waals surface area contributed by atoms with E-state index in [0.717, 1.165) is 29.0 Å². The third kappa shape index (κ3) is 6.17. The first kappa shape index (κ1) is 23.0. The van der Waals surface area contributed by atoms with Crippen LogP contribution in [0, 0.1) is 18.8 Å². The van der Waals surface area contributed by atoms with Crippen LogP contribution in [0.5, 0.6) is 0 Å². The molecule has 3 atom stereocenters. The molecule has 0 aliphatic carbocycles. The molecule has 2 aromatic rings. The van der Waals surface area contributed by atoms with Gasteiger partial charge in [-0.3, -0.25) is 4.79 Å². The van der Waals surface area contributed by atoms with Crippen molar-refractivity contribution in [2.75, 3.05) is 24.6 Å². The number of nitrogens with one attached hydrogen (secondary N) is 1. The van der Waals surface area contributed by atoms with E-state index < -0.39 is 12.1 Å². The number of nitrogens with zero attached hydrogens (tertiary/aromatic N) is 3. The van der Waals surface area contributed by atoms with Crippen LogP contribution >= 0.6 is 11.3 Å². The average Bonchev–Trinajstić information content (AvgIpc) is 3.46. The molecule has 13 heteroatoms. The number of rotatable bonds is 5. The quantitative estimate of drug-likeness (QED) is 0.695. The second-order valence-electron chi connectivity index (χ2n) is 7.17. The van der Waals surface area contributed by atoms with Gasteiger partial charge in [-0.15, -0.1) is 10.2 Å². The number of amides is 1. The van der Waals surface area contributed by atoms with Crippen molar-refractivity contribution in [2.24, 2.45) is 11.8 Å². The number of fused-ring (bicyclic) bond motifs is 1. The van der Waals surface area contributed by atoms with E-state index in [2.05, 4.69) is 20.4 Å². The molecule has 0 saturated carbocycles. The molecule has 2 aliphatic rings. The van der Waals surface area contributed by atoms with E-state index in [1.165, 1.54) is 0 Å². The van der Waals surface area contributed by atoms with Crippen molar-refractivity contribution in [2.45, 2.75) is 32.2 Å². The summed E-state index contributed by atoms with van der Waals surface area (Å²) in [6, 6.07) is 3.67. The van der Waals surface area contributed by atoms with Gasteiger partial charge < -0.3 is 24.5 Å². The van der Waals surface area contributed by atoms with Gasteiger partial charge in [0.15, 0.2) is 0 Å². The van der Waals surface area contributed by atoms with E-state index in [4.69, 9.17) is 19.1 Å². The van der Waals surface area contributed by atoms with Gasteiger partial charge in [0.05, 0.1) is 25.5 Å². The number of carboxylic acids is 1. The Hall–Kier alpha value is -2.67. The van der Waals surface area contributed by atoms with Gasteiger partial charge in [-0.2, -0.15) is 13.2 Å². The lowest BCUT2D eigenvalue weighted by Crippen LogP contribution is -2.29. The average molecular weight is 462 g/mol. The third-order valence-electron chi connectivity index (χ3n) is 4.95.